The number of imidazole rings is 1. The molecular weight excluding hydrogens is 364 g/mol. The summed E-state index contributed by atoms with van der Waals surface area (Å²) in [5.41, 5.74) is 5.16. The van der Waals surface area contributed by atoms with Gasteiger partial charge in [0, 0.05) is 38.3 Å². The van der Waals surface area contributed by atoms with Crippen molar-refractivity contribution in [3.05, 3.63) is 48.3 Å². The lowest BCUT2D eigenvalue weighted by Gasteiger charge is -2.13. The van der Waals surface area contributed by atoms with E-state index in [2.05, 4.69) is 67.0 Å². The normalized spacial score (nSPS) is 11.2. The summed E-state index contributed by atoms with van der Waals surface area (Å²) < 4.78 is 7.77. The van der Waals surface area contributed by atoms with Crippen molar-refractivity contribution >= 4 is 33.4 Å². The fourth-order valence-corrected chi connectivity index (χ4v) is 3.44. The fraction of sp³-hybridized carbons (Fsp3) is 0.318. The second-order valence-electron chi connectivity index (χ2n) is 7.07. The molecule has 4 aromatic rings. The summed E-state index contributed by atoms with van der Waals surface area (Å²) in [6.45, 7) is 6.11. The van der Waals surface area contributed by atoms with Gasteiger partial charge in [-0.15, -0.1) is 0 Å². The average molecular weight is 390 g/mol. The molecule has 0 aliphatic heterocycles. The van der Waals surface area contributed by atoms with Gasteiger partial charge in [0.25, 0.3) is 6.01 Å². The van der Waals surface area contributed by atoms with Crippen LogP contribution in [0.5, 0.6) is 6.01 Å². The number of hydrogen-bond acceptors (Lipinski definition) is 6. The standard InChI is InChI=1S/C22H26N6O/c1-5-28-20-12-18-17(11-19(20)26-22(28)29-6-2)21(25-14-24-18)23-13-15-7-9-16(10-8-15)27(3)4/h7-12,14H,5-6,13H2,1-4H3,(H,23,24,25). The predicted octanol–water partition coefficient (Wildman–Crippen LogP) is 4.08. The van der Waals surface area contributed by atoms with Crippen LogP contribution in [0.4, 0.5) is 11.5 Å². The van der Waals surface area contributed by atoms with Crippen LogP contribution in [0.25, 0.3) is 21.9 Å². The Bertz CT molecular complexity index is 1130. The van der Waals surface area contributed by atoms with Crippen LogP contribution < -0.4 is 15.0 Å². The number of anilines is 2. The van der Waals surface area contributed by atoms with Gasteiger partial charge < -0.3 is 15.0 Å². The highest BCUT2D eigenvalue weighted by Crippen LogP contribution is 2.29. The number of benzene rings is 2. The Kier molecular flexibility index (Phi) is 5.20. The second kappa shape index (κ2) is 7.95. The molecule has 2 aromatic carbocycles. The minimum absolute atomic E-state index is 0.585. The molecule has 0 radical (unpaired) electrons. The van der Waals surface area contributed by atoms with Crippen molar-refractivity contribution in [2.24, 2.45) is 0 Å². The molecule has 7 nitrogen and oxygen atoms in total. The van der Waals surface area contributed by atoms with Crippen molar-refractivity contribution in [2.75, 3.05) is 30.9 Å². The first-order valence-electron chi connectivity index (χ1n) is 9.88. The van der Waals surface area contributed by atoms with Crippen molar-refractivity contribution in [3.63, 3.8) is 0 Å². The lowest BCUT2D eigenvalue weighted by molar-refractivity contribution is 0.300. The van der Waals surface area contributed by atoms with Crippen molar-refractivity contribution in [3.8, 4) is 6.01 Å². The molecule has 0 atom stereocenters. The van der Waals surface area contributed by atoms with Gasteiger partial charge >= 0.3 is 0 Å². The quantitative estimate of drug-likeness (QED) is 0.513. The summed E-state index contributed by atoms with van der Waals surface area (Å²) in [5.74, 6) is 0.803. The summed E-state index contributed by atoms with van der Waals surface area (Å²) in [4.78, 5) is 15.7. The Hall–Kier alpha value is -3.35. The summed E-state index contributed by atoms with van der Waals surface area (Å²) in [7, 11) is 4.08. The van der Waals surface area contributed by atoms with E-state index < -0.39 is 0 Å². The SMILES string of the molecule is CCOc1nc2cc3c(NCc4ccc(N(C)C)cc4)ncnc3cc2n1CC. The average Bonchev–Trinajstić information content (AvgIpc) is 3.07. The zero-order valence-corrected chi connectivity index (χ0v) is 17.3. The highest BCUT2D eigenvalue weighted by molar-refractivity contribution is 5.98. The molecule has 2 aromatic heterocycles. The van der Waals surface area contributed by atoms with Crippen LogP contribution in [0.1, 0.15) is 19.4 Å². The van der Waals surface area contributed by atoms with E-state index in [-0.39, 0.29) is 0 Å². The first kappa shape index (κ1) is 19.0. The number of nitrogens with one attached hydrogen (secondary N) is 1. The van der Waals surface area contributed by atoms with Gasteiger partial charge in [-0.3, -0.25) is 4.57 Å². The lowest BCUT2D eigenvalue weighted by Crippen LogP contribution is -2.08. The van der Waals surface area contributed by atoms with E-state index in [9.17, 15) is 0 Å². The van der Waals surface area contributed by atoms with Gasteiger partial charge in [0.1, 0.15) is 12.1 Å². The van der Waals surface area contributed by atoms with Crippen LogP contribution >= 0.6 is 0 Å². The van der Waals surface area contributed by atoms with Gasteiger partial charge in [0.2, 0.25) is 0 Å². The molecule has 1 N–H and O–H groups in total. The molecule has 0 aliphatic carbocycles. The molecule has 0 spiro atoms. The van der Waals surface area contributed by atoms with Gasteiger partial charge in [-0.05, 0) is 43.7 Å². The Morgan fingerprint density at radius 2 is 1.83 bits per heavy atom. The molecule has 150 valence electrons. The van der Waals surface area contributed by atoms with Crippen LogP contribution in [0, 0.1) is 0 Å². The third-order valence-corrected chi connectivity index (χ3v) is 4.97. The van der Waals surface area contributed by atoms with Gasteiger partial charge in [0.15, 0.2) is 0 Å². The van der Waals surface area contributed by atoms with E-state index in [1.54, 1.807) is 6.33 Å². The van der Waals surface area contributed by atoms with Crippen LogP contribution in [-0.4, -0.2) is 40.2 Å². The van der Waals surface area contributed by atoms with Crippen LogP contribution in [0.15, 0.2) is 42.7 Å². The maximum absolute atomic E-state index is 5.70. The molecular formula is C22H26N6O. The molecule has 0 fully saturated rings. The third-order valence-electron chi connectivity index (χ3n) is 4.97. The Morgan fingerprint density at radius 1 is 1.03 bits per heavy atom. The van der Waals surface area contributed by atoms with Crippen molar-refractivity contribution in [1.82, 2.24) is 19.5 Å². The van der Waals surface area contributed by atoms with Crippen molar-refractivity contribution in [2.45, 2.75) is 26.9 Å². The molecule has 29 heavy (non-hydrogen) atoms. The number of fused-ring (bicyclic) bond motifs is 2. The monoisotopic (exact) mass is 390 g/mol. The zero-order chi connectivity index (χ0) is 20.4. The minimum atomic E-state index is 0.585. The van der Waals surface area contributed by atoms with E-state index >= 15 is 0 Å². The van der Waals surface area contributed by atoms with E-state index in [1.807, 2.05) is 27.1 Å². The molecule has 0 aliphatic rings. The maximum atomic E-state index is 5.70. The fourth-order valence-electron chi connectivity index (χ4n) is 3.44. The summed E-state index contributed by atoms with van der Waals surface area (Å²) in [6, 6.07) is 13.2. The number of ether oxygens (including phenoxy) is 1. The second-order valence-corrected chi connectivity index (χ2v) is 7.07. The van der Waals surface area contributed by atoms with Crippen LogP contribution in [0.2, 0.25) is 0 Å². The summed E-state index contributed by atoms with van der Waals surface area (Å²) in [5, 5.41) is 4.40. The predicted molar refractivity (Wildman–Crippen MR) is 118 cm³/mol. The number of nitrogens with zero attached hydrogens (tertiary/aromatic N) is 5. The molecule has 7 heteroatoms. The molecule has 4 rings (SSSR count). The largest absolute Gasteiger partial charge is 0.465 e. The Morgan fingerprint density at radius 3 is 2.52 bits per heavy atom. The van der Waals surface area contributed by atoms with E-state index in [0.29, 0.717) is 19.2 Å². The van der Waals surface area contributed by atoms with E-state index in [4.69, 9.17) is 4.74 Å². The van der Waals surface area contributed by atoms with Crippen molar-refractivity contribution < 1.29 is 4.74 Å². The Labute approximate surface area is 170 Å². The summed E-state index contributed by atoms with van der Waals surface area (Å²) >= 11 is 0. The molecule has 0 amide bonds. The number of aryl methyl sites for hydroxylation is 1. The molecule has 0 saturated heterocycles. The topological polar surface area (TPSA) is 68.1 Å². The lowest BCUT2D eigenvalue weighted by atomic mass is 10.2. The first-order valence-corrected chi connectivity index (χ1v) is 9.88. The van der Waals surface area contributed by atoms with Crippen LogP contribution in [0.3, 0.4) is 0 Å². The smallest absolute Gasteiger partial charge is 0.297 e. The first-order chi connectivity index (χ1) is 14.1. The number of hydrogen-bond donors (Lipinski definition) is 1. The highest BCUT2D eigenvalue weighted by atomic mass is 16.5. The van der Waals surface area contributed by atoms with Gasteiger partial charge in [0.05, 0.1) is 23.2 Å². The third kappa shape index (κ3) is 3.68. The van der Waals surface area contributed by atoms with Crippen molar-refractivity contribution in [1.29, 1.82) is 0 Å². The zero-order valence-electron chi connectivity index (χ0n) is 17.3. The van der Waals surface area contributed by atoms with Gasteiger partial charge in [-0.25, -0.2) is 9.97 Å². The van der Waals surface area contributed by atoms with Crippen LogP contribution in [-0.2, 0) is 13.1 Å². The highest BCUT2D eigenvalue weighted by Gasteiger charge is 2.14. The maximum Gasteiger partial charge on any atom is 0.297 e. The van der Waals surface area contributed by atoms with Gasteiger partial charge in [-0.2, -0.15) is 4.98 Å². The number of aromatic nitrogens is 4. The Balaban J connectivity index is 1.66. The minimum Gasteiger partial charge on any atom is -0.465 e. The van der Waals surface area contributed by atoms with Gasteiger partial charge in [-0.1, -0.05) is 12.1 Å². The molecule has 0 saturated carbocycles. The van der Waals surface area contributed by atoms with E-state index in [0.717, 1.165) is 34.3 Å². The number of rotatable bonds is 7. The summed E-state index contributed by atoms with van der Waals surface area (Å²) in [6.07, 6.45) is 1.60. The molecule has 0 bridgehead atoms. The van der Waals surface area contributed by atoms with E-state index in [1.165, 1.54) is 11.3 Å². The molecule has 2 heterocycles. The molecule has 0 unspecified atom stereocenters.